The van der Waals surface area contributed by atoms with Crippen molar-refractivity contribution < 1.29 is 0 Å². The molecule has 2 aliphatic heterocycles. The molecule has 0 radical (unpaired) electrons. The minimum Gasteiger partial charge on any atom is -0.132 e. The average molecular weight is 150 g/mol. The molecule has 3 heteroatoms. The van der Waals surface area contributed by atoms with Gasteiger partial charge in [0.15, 0.2) is 0 Å². The van der Waals surface area contributed by atoms with E-state index in [4.69, 9.17) is 0 Å². The lowest BCUT2D eigenvalue weighted by molar-refractivity contribution is 0.573. The fourth-order valence-corrected chi connectivity index (χ4v) is 6.22. The van der Waals surface area contributed by atoms with Crippen LogP contribution in [0.1, 0.15) is 6.42 Å². The maximum Gasteiger partial charge on any atom is 0.0236 e. The summed E-state index contributed by atoms with van der Waals surface area (Å²) < 4.78 is 0. The van der Waals surface area contributed by atoms with Crippen LogP contribution in [-0.2, 0) is 0 Å². The topological polar surface area (TPSA) is 0 Å². The molecule has 3 atom stereocenters. The van der Waals surface area contributed by atoms with Gasteiger partial charge in [-0.05, 0) is 12.1 Å². The van der Waals surface area contributed by atoms with E-state index in [1.807, 2.05) is 0 Å². The first-order valence-electron chi connectivity index (χ1n) is 2.45. The Bertz CT molecular complexity index is 81.7. The van der Waals surface area contributed by atoms with Crippen LogP contribution in [0, 0.1) is 0 Å². The van der Waals surface area contributed by atoms with Gasteiger partial charge in [0.2, 0.25) is 0 Å². The molecule has 0 spiro atoms. The van der Waals surface area contributed by atoms with Gasteiger partial charge in [-0.3, -0.25) is 0 Å². The Morgan fingerprint density at radius 2 is 1.86 bits per heavy atom. The molecule has 7 heavy (non-hydrogen) atoms. The van der Waals surface area contributed by atoms with Crippen LogP contribution >= 0.6 is 30.8 Å². The molecule has 3 rings (SSSR count). The summed E-state index contributed by atoms with van der Waals surface area (Å²) in [5.41, 5.74) is 0.954. The van der Waals surface area contributed by atoms with Gasteiger partial charge in [-0.1, -0.05) is 21.6 Å². The Morgan fingerprint density at radius 1 is 1.29 bits per heavy atom. The van der Waals surface area contributed by atoms with Gasteiger partial charge in [0.25, 0.3) is 0 Å². The van der Waals surface area contributed by atoms with Gasteiger partial charge in [0, 0.05) is 10.5 Å². The van der Waals surface area contributed by atoms with E-state index in [2.05, 4.69) is 30.8 Å². The third-order valence-electron chi connectivity index (χ3n) is 1.63. The van der Waals surface area contributed by atoms with Gasteiger partial charge < -0.3 is 0 Å². The highest BCUT2D eigenvalue weighted by atomic mass is 33.1. The van der Waals surface area contributed by atoms with E-state index in [-0.39, 0.29) is 0 Å². The second kappa shape index (κ2) is 1.55. The van der Waals surface area contributed by atoms with Gasteiger partial charge in [0.05, 0.1) is 0 Å². The van der Waals surface area contributed by atoms with Crippen molar-refractivity contribution >= 4 is 30.8 Å². The largest absolute Gasteiger partial charge is 0.132 e. The lowest BCUT2D eigenvalue weighted by Gasteiger charge is -2.28. The first kappa shape index (κ1) is 4.96. The highest BCUT2D eigenvalue weighted by Crippen LogP contribution is 2.59. The molecule has 3 unspecified atom stereocenters. The smallest absolute Gasteiger partial charge is 0.0236 e. The third kappa shape index (κ3) is 0.571. The summed E-state index contributed by atoms with van der Waals surface area (Å²) in [6.07, 6.45) is 1.48. The molecule has 0 N–H and O–H groups in total. The van der Waals surface area contributed by atoms with E-state index < -0.39 is 0 Å². The Labute approximate surface area is 53.8 Å². The van der Waals surface area contributed by atoms with Crippen LogP contribution in [-0.4, -0.2) is 16.2 Å². The normalized spacial score (nSPS) is 57.0. The van der Waals surface area contributed by atoms with Crippen molar-refractivity contribution in [2.45, 2.75) is 22.6 Å². The molecule has 1 aliphatic carbocycles. The zero-order valence-electron chi connectivity index (χ0n) is 3.83. The second-order valence-corrected chi connectivity index (χ2v) is 5.60. The molecule has 2 bridgehead atoms. The van der Waals surface area contributed by atoms with E-state index in [0.29, 0.717) is 0 Å². The monoisotopic (exact) mass is 150 g/mol. The van der Waals surface area contributed by atoms with Gasteiger partial charge in [-0.2, -0.15) is 0 Å². The summed E-state index contributed by atoms with van der Waals surface area (Å²) in [5.74, 6) is 0. The zero-order chi connectivity index (χ0) is 4.85. The van der Waals surface area contributed by atoms with Crippen LogP contribution in [0.25, 0.3) is 0 Å². The van der Waals surface area contributed by atoms with E-state index >= 15 is 0 Å². The van der Waals surface area contributed by atoms with E-state index in [1.165, 1.54) is 6.42 Å². The quantitative estimate of drug-likeness (QED) is 0.381. The first-order chi connectivity index (χ1) is 3.38. The van der Waals surface area contributed by atoms with Crippen molar-refractivity contribution in [1.82, 2.24) is 0 Å². The van der Waals surface area contributed by atoms with Gasteiger partial charge >= 0.3 is 0 Å². The minimum atomic E-state index is 0.954. The predicted octanol–water partition coefficient (Wildman–Crippen LogP) is 1.77. The molecule has 0 aromatic heterocycles. The number of hydrogen-bond donors (Lipinski definition) is 0. The molecule has 1 saturated carbocycles. The third-order valence-corrected chi connectivity index (χ3v) is 6.55. The predicted molar refractivity (Wildman–Crippen MR) is 40.9 cm³/mol. The molecule has 0 aromatic carbocycles. The maximum absolute atomic E-state index is 2.92. The fourth-order valence-electron chi connectivity index (χ4n) is 0.936. The Balaban J connectivity index is 2.14. The summed E-state index contributed by atoms with van der Waals surface area (Å²) in [7, 11) is 7.07. The van der Waals surface area contributed by atoms with Crippen LogP contribution in [0.3, 0.4) is 0 Å². The summed E-state index contributed by atoms with van der Waals surface area (Å²) in [5, 5.41) is 2.00. The van der Waals surface area contributed by atoms with Crippen molar-refractivity contribution in [2.24, 2.45) is 0 Å². The lowest BCUT2D eigenvalue weighted by atomic mass is 9.98. The fraction of sp³-hybridized carbons (Fsp3) is 1.00. The summed E-state index contributed by atoms with van der Waals surface area (Å²) in [4.78, 5) is 0. The highest BCUT2D eigenvalue weighted by Gasteiger charge is 2.45. The molecule has 3 aliphatic rings. The molecule has 3 fully saturated rings. The lowest BCUT2D eigenvalue weighted by Crippen LogP contribution is -2.35. The Kier molecular flexibility index (Phi) is 1.10. The van der Waals surface area contributed by atoms with Crippen LogP contribution in [0.2, 0.25) is 0 Å². The highest BCUT2D eigenvalue weighted by molar-refractivity contribution is 8.78. The van der Waals surface area contributed by atoms with Gasteiger partial charge in [-0.15, -0.1) is 9.24 Å². The van der Waals surface area contributed by atoms with Gasteiger partial charge in [0.1, 0.15) is 0 Å². The molecule has 0 nitrogen and oxygen atoms in total. The molecule has 0 aromatic rings. The minimum absolute atomic E-state index is 0.954. The SMILES string of the molecule is PC1C2CC1SS2. The van der Waals surface area contributed by atoms with Crippen molar-refractivity contribution in [3.05, 3.63) is 0 Å². The van der Waals surface area contributed by atoms with Crippen molar-refractivity contribution in [3.8, 4) is 0 Å². The average Bonchev–Trinajstić information content (AvgIpc) is 2.18. The van der Waals surface area contributed by atoms with Crippen LogP contribution in [0.15, 0.2) is 0 Å². The first-order valence-corrected chi connectivity index (χ1v) is 5.40. The van der Waals surface area contributed by atoms with Gasteiger partial charge in [-0.25, -0.2) is 0 Å². The zero-order valence-corrected chi connectivity index (χ0v) is 6.62. The Hall–Kier alpha value is 1.13. The summed E-state index contributed by atoms with van der Waals surface area (Å²) >= 11 is 0. The second-order valence-electron chi connectivity index (χ2n) is 2.08. The number of rotatable bonds is 0. The van der Waals surface area contributed by atoms with Crippen molar-refractivity contribution in [3.63, 3.8) is 0 Å². The van der Waals surface area contributed by atoms with E-state index in [0.717, 1.165) is 16.2 Å². The van der Waals surface area contributed by atoms with Crippen molar-refractivity contribution in [2.75, 3.05) is 0 Å². The molecule has 0 amide bonds. The molecular formula is C4H7PS2. The van der Waals surface area contributed by atoms with E-state index in [9.17, 15) is 0 Å². The summed E-state index contributed by atoms with van der Waals surface area (Å²) in [6.45, 7) is 0. The molecule has 2 saturated heterocycles. The van der Waals surface area contributed by atoms with Crippen LogP contribution in [0.4, 0.5) is 0 Å². The number of fused-ring (bicyclic) bond motifs is 1. The molecule has 2 heterocycles. The molecule has 40 valence electrons. The Morgan fingerprint density at radius 3 is 2.00 bits per heavy atom. The van der Waals surface area contributed by atoms with Crippen LogP contribution in [0.5, 0.6) is 0 Å². The van der Waals surface area contributed by atoms with E-state index in [1.54, 1.807) is 0 Å². The van der Waals surface area contributed by atoms with Crippen LogP contribution < -0.4 is 0 Å². The number of hydrogen-bond acceptors (Lipinski definition) is 2. The standard InChI is InChI=1S/C4H7PS2/c5-4-2-1-3(4)7-6-2/h2-4H,1,5H2. The molecular weight excluding hydrogens is 143 g/mol. The summed E-state index contributed by atoms with van der Waals surface area (Å²) in [6, 6.07) is 0. The maximum atomic E-state index is 2.92. The van der Waals surface area contributed by atoms with Crippen molar-refractivity contribution in [1.29, 1.82) is 0 Å².